The van der Waals surface area contributed by atoms with Gasteiger partial charge in [0.1, 0.15) is 11.4 Å². The molecule has 19 heavy (non-hydrogen) atoms. The lowest BCUT2D eigenvalue weighted by atomic mass is 9.98. The Hall–Kier alpha value is -2.67. The van der Waals surface area contributed by atoms with Crippen molar-refractivity contribution in [2.75, 3.05) is 6.61 Å². The number of aldehydes is 1. The highest BCUT2D eigenvalue weighted by Gasteiger charge is 2.15. The molecule has 0 unspecified atom stereocenters. The van der Waals surface area contributed by atoms with Crippen molar-refractivity contribution in [3.8, 4) is 22.9 Å². The van der Waals surface area contributed by atoms with Gasteiger partial charge in [-0.1, -0.05) is 18.2 Å². The summed E-state index contributed by atoms with van der Waals surface area (Å²) in [4.78, 5) is 15.1. The van der Waals surface area contributed by atoms with Crippen molar-refractivity contribution in [3.63, 3.8) is 0 Å². The number of para-hydroxylation sites is 1. The van der Waals surface area contributed by atoms with Crippen molar-refractivity contribution in [3.05, 3.63) is 47.8 Å². The van der Waals surface area contributed by atoms with Crippen LogP contribution in [0.2, 0.25) is 0 Å². The molecule has 0 atom stereocenters. The molecule has 94 valence electrons. The Morgan fingerprint density at radius 1 is 1.37 bits per heavy atom. The third kappa shape index (κ3) is 2.45. The third-order valence-electron chi connectivity index (χ3n) is 2.67. The zero-order valence-corrected chi connectivity index (χ0v) is 10.5. The van der Waals surface area contributed by atoms with E-state index in [1.807, 2.05) is 31.2 Å². The first-order chi connectivity index (χ1) is 9.31. The Kier molecular flexibility index (Phi) is 3.89. The fourth-order valence-corrected chi connectivity index (χ4v) is 1.90. The van der Waals surface area contributed by atoms with Crippen molar-refractivity contribution in [2.45, 2.75) is 6.92 Å². The van der Waals surface area contributed by atoms with Gasteiger partial charge in [0.05, 0.1) is 18.2 Å². The van der Waals surface area contributed by atoms with E-state index in [0.717, 1.165) is 0 Å². The standard InChI is InChI=1S/C15H12N2O2/c1-2-19-14-6-4-3-5-12(14)15-11(9-16)7-8-17-13(15)10-18/h3-8,10H,2H2,1H3. The number of benzene rings is 1. The van der Waals surface area contributed by atoms with Crippen LogP contribution < -0.4 is 4.74 Å². The second-order valence-corrected chi connectivity index (χ2v) is 3.78. The normalized spacial score (nSPS) is 9.68. The predicted octanol–water partition coefficient (Wildman–Crippen LogP) is 2.83. The lowest BCUT2D eigenvalue weighted by molar-refractivity contribution is 0.111. The van der Waals surface area contributed by atoms with Crippen molar-refractivity contribution in [2.24, 2.45) is 0 Å². The number of ether oxygens (including phenoxy) is 1. The van der Waals surface area contributed by atoms with E-state index in [1.165, 1.54) is 6.20 Å². The molecular formula is C15H12N2O2. The van der Waals surface area contributed by atoms with Crippen LogP contribution in [-0.4, -0.2) is 17.9 Å². The summed E-state index contributed by atoms with van der Waals surface area (Å²) in [7, 11) is 0. The van der Waals surface area contributed by atoms with Gasteiger partial charge in [0.25, 0.3) is 0 Å². The minimum absolute atomic E-state index is 0.242. The summed E-state index contributed by atoms with van der Waals surface area (Å²) in [5.74, 6) is 0.637. The maximum atomic E-state index is 11.1. The maximum Gasteiger partial charge on any atom is 0.169 e. The summed E-state index contributed by atoms with van der Waals surface area (Å²) in [6.45, 7) is 2.39. The fourth-order valence-electron chi connectivity index (χ4n) is 1.90. The van der Waals surface area contributed by atoms with Crippen LogP contribution in [0.5, 0.6) is 5.75 Å². The van der Waals surface area contributed by atoms with Gasteiger partial charge in [-0.3, -0.25) is 9.78 Å². The lowest BCUT2D eigenvalue weighted by Crippen LogP contribution is -1.99. The van der Waals surface area contributed by atoms with Gasteiger partial charge in [-0.05, 0) is 19.1 Å². The van der Waals surface area contributed by atoms with Crippen LogP contribution in [0.4, 0.5) is 0 Å². The van der Waals surface area contributed by atoms with E-state index in [2.05, 4.69) is 11.1 Å². The molecule has 0 radical (unpaired) electrons. The van der Waals surface area contributed by atoms with Gasteiger partial charge in [-0.25, -0.2) is 0 Å². The van der Waals surface area contributed by atoms with E-state index in [-0.39, 0.29) is 5.69 Å². The van der Waals surface area contributed by atoms with Crippen LogP contribution in [0, 0.1) is 11.3 Å². The van der Waals surface area contributed by atoms with Crippen molar-refractivity contribution in [1.82, 2.24) is 4.98 Å². The zero-order valence-electron chi connectivity index (χ0n) is 10.5. The number of hydrogen-bond donors (Lipinski definition) is 0. The Labute approximate surface area is 111 Å². The lowest BCUT2D eigenvalue weighted by Gasteiger charge is -2.12. The predicted molar refractivity (Wildman–Crippen MR) is 70.9 cm³/mol. The monoisotopic (exact) mass is 252 g/mol. The molecule has 0 amide bonds. The van der Waals surface area contributed by atoms with Gasteiger partial charge >= 0.3 is 0 Å². The van der Waals surface area contributed by atoms with Gasteiger partial charge in [-0.15, -0.1) is 0 Å². The molecule has 2 aromatic rings. The van der Waals surface area contributed by atoms with Crippen LogP contribution in [0.25, 0.3) is 11.1 Å². The molecule has 0 aliphatic heterocycles. The average molecular weight is 252 g/mol. The van der Waals surface area contributed by atoms with E-state index >= 15 is 0 Å². The minimum Gasteiger partial charge on any atom is -0.493 e. The molecule has 2 rings (SSSR count). The molecular weight excluding hydrogens is 240 g/mol. The molecule has 0 saturated carbocycles. The van der Waals surface area contributed by atoms with Gasteiger partial charge in [0.15, 0.2) is 6.29 Å². The van der Waals surface area contributed by atoms with E-state index in [9.17, 15) is 10.1 Å². The summed E-state index contributed by atoms with van der Waals surface area (Å²) < 4.78 is 5.54. The Bertz CT molecular complexity index is 645. The molecule has 0 fully saturated rings. The fraction of sp³-hybridized carbons (Fsp3) is 0.133. The first kappa shape index (κ1) is 12.8. The number of nitrogens with zero attached hydrogens (tertiary/aromatic N) is 2. The molecule has 4 heteroatoms. The van der Waals surface area contributed by atoms with Crippen LogP contribution in [0.3, 0.4) is 0 Å². The van der Waals surface area contributed by atoms with Gasteiger partial charge in [-0.2, -0.15) is 5.26 Å². The van der Waals surface area contributed by atoms with Crippen LogP contribution in [-0.2, 0) is 0 Å². The highest BCUT2D eigenvalue weighted by molar-refractivity contribution is 5.89. The van der Waals surface area contributed by atoms with Gasteiger partial charge in [0, 0.05) is 17.3 Å². The number of rotatable bonds is 4. The molecule has 4 nitrogen and oxygen atoms in total. The third-order valence-corrected chi connectivity index (χ3v) is 2.67. The summed E-state index contributed by atoms with van der Waals surface area (Å²) in [6.07, 6.45) is 2.11. The second-order valence-electron chi connectivity index (χ2n) is 3.78. The maximum absolute atomic E-state index is 11.1. The Morgan fingerprint density at radius 2 is 2.16 bits per heavy atom. The number of nitriles is 1. The highest BCUT2D eigenvalue weighted by atomic mass is 16.5. The van der Waals surface area contributed by atoms with Gasteiger partial charge < -0.3 is 4.74 Å². The largest absolute Gasteiger partial charge is 0.493 e. The Balaban J connectivity index is 2.71. The first-order valence-corrected chi connectivity index (χ1v) is 5.88. The summed E-state index contributed by atoms with van der Waals surface area (Å²) in [5.41, 5.74) is 1.87. The quantitative estimate of drug-likeness (QED) is 0.785. The smallest absolute Gasteiger partial charge is 0.169 e. The number of aromatic nitrogens is 1. The number of carbonyl (C=O) groups is 1. The second kappa shape index (κ2) is 5.78. The number of pyridine rings is 1. The molecule has 0 bridgehead atoms. The summed E-state index contributed by atoms with van der Waals surface area (Å²) in [5, 5.41) is 9.19. The summed E-state index contributed by atoms with van der Waals surface area (Å²) in [6, 6.07) is 11.0. The van der Waals surface area contributed by atoms with Crippen molar-refractivity contribution < 1.29 is 9.53 Å². The van der Waals surface area contributed by atoms with E-state index in [1.54, 1.807) is 6.07 Å². The van der Waals surface area contributed by atoms with Crippen LogP contribution in [0.1, 0.15) is 23.0 Å². The first-order valence-electron chi connectivity index (χ1n) is 5.88. The van der Waals surface area contributed by atoms with Crippen molar-refractivity contribution >= 4 is 6.29 Å². The van der Waals surface area contributed by atoms with E-state index in [0.29, 0.717) is 35.3 Å². The van der Waals surface area contributed by atoms with Gasteiger partial charge in [0.2, 0.25) is 0 Å². The number of hydrogen-bond acceptors (Lipinski definition) is 4. The molecule has 0 aliphatic carbocycles. The molecule has 0 spiro atoms. The molecule has 1 aromatic heterocycles. The van der Waals surface area contributed by atoms with Crippen LogP contribution in [0.15, 0.2) is 36.5 Å². The SMILES string of the molecule is CCOc1ccccc1-c1c(C#N)ccnc1C=O. The minimum atomic E-state index is 0.242. The topological polar surface area (TPSA) is 63.0 Å². The molecule has 0 aliphatic rings. The van der Waals surface area contributed by atoms with Crippen molar-refractivity contribution in [1.29, 1.82) is 5.26 Å². The van der Waals surface area contributed by atoms with Crippen LogP contribution >= 0.6 is 0 Å². The Morgan fingerprint density at radius 3 is 2.84 bits per heavy atom. The highest BCUT2D eigenvalue weighted by Crippen LogP contribution is 2.33. The molecule has 0 saturated heterocycles. The average Bonchev–Trinajstić information content (AvgIpc) is 2.47. The summed E-state index contributed by atoms with van der Waals surface area (Å²) >= 11 is 0. The van der Waals surface area contributed by atoms with E-state index in [4.69, 9.17) is 4.74 Å². The molecule has 1 aromatic carbocycles. The van der Waals surface area contributed by atoms with E-state index < -0.39 is 0 Å². The zero-order chi connectivity index (χ0) is 13.7. The molecule has 1 heterocycles. The number of carbonyl (C=O) groups excluding carboxylic acids is 1. The molecule has 0 N–H and O–H groups in total.